The van der Waals surface area contributed by atoms with Crippen LogP contribution in [0.2, 0.25) is 0 Å². The summed E-state index contributed by atoms with van der Waals surface area (Å²) in [5, 5.41) is 4.13. The van der Waals surface area contributed by atoms with Gasteiger partial charge in [-0.3, -0.25) is 4.79 Å². The van der Waals surface area contributed by atoms with Crippen LogP contribution in [0.1, 0.15) is 37.7 Å². The molecule has 1 saturated carbocycles. The molecule has 1 aromatic carbocycles. The lowest BCUT2D eigenvalue weighted by molar-refractivity contribution is 0.256. The van der Waals surface area contributed by atoms with Crippen molar-refractivity contribution in [3.8, 4) is 5.69 Å². The third-order valence-electron chi connectivity index (χ3n) is 5.36. The van der Waals surface area contributed by atoms with E-state index in [0.29, 0.717) is 5.92 Å². The molecule has 23 heavy (non-hydrogen) atoms. The summed E-state index contributed by atoms with van der Waals surface area (Å²) in [7, 11) is 0. The summed E-state index contributed by atoms with van der Waals surface area (Å²) in [4.78, 5) is 14.5. The summed E-state index contributed by atoms with van der Waals surface area (Å²) in [6, 6.07) is 12.3. The molecule has 4 rings (SSSR count). The number of benzene rings is 1. The molecule has 1 aliphatic heterocycles. The predicted octanol–water partition coefficient (Wildman–Crippen LogP) is 2.82. The highest BCUT2D eigenvalue weighted by atomic mass is 16.1. The molecule has 3 atom stereocenters. The highest BCUT2D eigenvalue weighted by Gasteiger charge is 2.40. The summed E-state index contributed by atoms with van der Waals surface area (Å²) in [6.07, 6.45) is 5.65. The van der Waals surface area contributed by atoms with Crippen molar-refractivity contribution in [3.63, 3.8) is 0 Å². The van der Waals surface area contributed by atoms with Crippen molar-refractivity contribution < 1.29 is 0 Å². The van der Waals surface area contributed by atoms with Gasteiger partial charge in [0.15, 0.2) is 0 Å². The molecule has 0 spiro atoms. The van der Waals surface area contributed by atoms with Gasteiger partial charge in [0.1, 0.15) is 0 Å². The van der Waals surface area contributed by atoms with Crippen LogP contribution in [0.5, 0.6) is 0 Å². The molecule has 2 aliphatic rings. The first-order valence-corrected chi connectivity index (χ1v) is 8.61. The zero-order valence-corrected chi connectivity index (χ0v) is 13.6. The van der Waals surface area contributed by atoms with Gasteiger partial charge in [0.2, 0.25) is 0 Å². The number of hydrogen-bond acceptors (Lipinski definition) is 3. The van der Waals surface area contributed by atoms with Gasteiger partial charge in [-0.05, 0) is 68.3 Å². The van der Waals surface area contributed by atoms with Crippen LogP contribution in [0.25, 0.3) is 5.69 Å². The van der Waals surface area contributed by atoms with Crippen molar-refractivity contribution in [2.45, 2.75) is 38.1 Å². The Kier molecular flexibility index (Phi) is 3.77. The van der Waals surface area contributed by atoms with Crippen molar-refractivity contribution in [2.75, 3.05) is 13.1 Å². The summed E-state index contributed by atoms with van der Waals surface area (Å²) in [5.41, 5.74) is 2.15. The molecule has 0 bridgehead atoms. The van der Waals surface area contributed by atoms with Gasteiger partial charge < -0.3 is 4.90 Å². The molecule has 2 heterocycles. The van der Waals surface area contributed by atoms with Gasteiger partial charge in [-0.1, -0.05) is 12.1 Å². The van der Waals surface area contributed by atoms with Crippen molar-refractivity contribution in [3.05, 3.63) is 58.5 Å². The summed E-state index contributed by atoms with van der Waals surface area (Å²) >= 11 is 0. The van der Waals surface area contributed by atoms with Crippen molar-refractivity contribution in [1.82, 2.24) is 14.7 Å². The molecule has 2 fully saturated rings. The quantitative estimate of drug-likeness (QED) is 0.871. The Bertz CT molecular complexity index is 737. The van der Waals surface area contributed by atoms with Crippen LogP contribution < -0.4 is 5.56 Å². The number of nitrogens with zero attached hydrogens (tertiary/aromatic N) is 3. The highest BCUT2D eigenvalue weighted by Crippen LogP contribution is 2.48. The lowest BCUT2D eigenvalue weighted by Gasteiger charge is -2.20. The molecule has 2 aromatic rings. The fraction of sp³-hybridized carbons (Fsp3) is 0.474. The smallest absolute Gasteiger partial charge is 0.271 e. The Morgan fingerprint density at radius 3 is 2.74 bits per heavy atom. The topological polar surface area (TPSA) is 38.1 Å². The average molecular weight is 309 g/mol. The molecular weight excluding hydrogens is 286 g/mol. The van der Waals surface area contributed by atoms with E-state index in [4.69, 9.17) is 0 Å². The number of likely N-dealkylation sites (tertiary alicyclic amines) is 1. The fourth-order valence-electron chi connectivity index (χ4n) is 3.84. The monoisotopic (exact) mass is 309 g/mol. The van der Waals surface area contributed by atoms with Crippen molar-refractivity contribution in [1.29, 1.82) is 0 Å². The van der Waals surface area contributed by atoms with Crippen molar-refractivity contribution >= 4 is 0 Å². The standard InChI is InChI=1S/C19H23N3O/c1-14-4-3-11-21(14)13-16-12-18(16)15-6-8-17(9-7-15)22-19(23)5-2-10-20-22/h2,5-10,14,16,18H,3-4,11-13H2,1H3/t14-,16?,18+/m0/s1. The first-order chi connectivity index (χ1) is 11.2. The Morgan fingerprint density at radius 2 is 2.04 bits per heavy atom. The van der Waals surface area contributed by atoms with E-state index in [1.54, 1.807) is 12.3 Å². The van der Waals surface area contributed by atoms with Crippen LogP contribution in [0.15, 0.2) is 47.4 Å². The van der Waals surface area contributed by atoms with Gasteiger partial charge in [0.05, 0.1) is 5.69 Å². The maximum Gasteiger partial charge on any atom is 0.271 e. The Balaban J connectivity index is 1.44. The third kappa shape index (κ3) is 2.95. The van der Waals surface area contributed by atoms with Crippen LogP contribution in [-0.2, 0) is 0 Å². The van der Waals surface area contributed by atoms with E-state index in [-0.39, 0.29) is 5.56 Å². The second-order valence-corrected chi connectivity index (χ2v) is 6.95. The van der Waals surface area contributed by atoms with E-state index in [0.717, 1.165) is 17.6 Å². The van der Waals surface area contributed by atoms with Crippen LogP contribution >= 0.6 is 0 Å². The van der Waals surface area contributed by atoms with Gasteiger partial charge in [-0.25, -0.2) is 0 Å². The normalized spacial score (nSPS) is 27.3. The van der Waals surface area contributed by atoms with Gasteiger partial charge in [0.25, 0.3) is 5.56 Å². The lowest BCUT2D eigenvalue weighted by Crippen LogP contribution is -2.29. The van der Waals surface area contributed by atoms with Crippen molar-refractivity contribution in [2.24, 2.45) is 5.92 Å². The first-order valence-electron chi connectivity index (χ1n) is 8.61. The number of aromatic nitrogens is 2. The van der Waals surface area contributed by atoms with Gasteiger partial charge in [-0.2, -0.15) is 9.78 Å². The second kappa shape index (κ2) is 5.93. The molecule has 1 saturated heterocycles. The molecule has 4 nitrogen and oxygen atoms in total. The second-order valence-electron chi connectivity index (χ2n) is 6.95. The summed E-state index contributed by atoms with van der Waals surface area (Å²) in [5.74, 6) is 1.50. The number of hydrogen-bond donors (Lipinski definition) is 0. The van der Waals surface area contributed by atoms with E-state index in [1.807, 2.05) is 12.1 Å². The fourth-order valence-corrected chi connectivity index (χ4v) is 3.84. The SMILES string of the molecule is C[C@H]1CCCN1CC1C[C@@H]1c1ccc(-n2ncccc2=O)cc1. The maximum absolute atomic E-state index is 11.8. The lowest BCUT2D eigenvalue weighted by atomic mass is 10.1. The maximum atomic E-state index is 11.8. The predicted molar refractivity (Wildman–Crippen MR) is 91.0 cm³/mol. The van der Waals surface area contributed by atoms with Crippen LogP contribution in [0.4, 0.5) is 0 Å². The van der Waals surface area contributed by atoms with E-state index < -0.39 is 0 Å². The zero-order chi connectivity index (χ0) is 15.8. The summed E-state index contributed by atoms with van der Waals surface area (Å²) < 4.78 is 1.44. The Labute approximate surface area is 136 Å². The van der Waals surface area contributed by atoms with Crippen LogP contribution in [0.3, 0.4) is 0 Å². The molecule has 0 N–H and O–H groups in total. The largest absolute Gasteiger partial charge is 0.300 e. The molecule has 0 amide bonds. The van der Waals surface area contributed by atoms with E-state index in [2.05, 4.69) is 29.1 Å². The Morgan fingerprint density at radius 1 is 1.22 bits per heavy atom. The van der Waals surface area contributed by atoms with Gasteiger partial charge >= 0.3 is 0 Å². The summed E-state index contributed by atoms with van der Waals surface area (Å²) in [6.45, 7) is 4.86. The van der Waals surface area contributed by atoms with E-state index in [1.165, 1.54) is 48.7 Å². The molecule has 120 valence electrons. The zero-order valence-electron chi connectivity index (χ0n) is 13.6. The van der Waals surface area contributed by atoms with Gasteiger partial charge in [-0.15, -0.1) is 0 Å². The van der Waals surface area contributed by atoms with Crippen LogP contribution in [-0.4, -0.2) is 33.8 Å². The molecule has 1 unspecified atom stereocenters. The van der Waals surface area contributed by atoms with E-state index >= 15 is 0 Å². The number of rotatable bonds is 4. The highest BCUT2D eigenvalue weighted by molar-refractivity contribution is 5.37. The molecule has 0 radical (unpaired) electrons. The minimum Gasteiger partial charge on any atom is -0.300 e. The minimum atomic E-state index is -0.0902. The third-order valence-corrected chi connectivity index (χ3v) is 5.36. The van der Waals surface area contributed by atoms with Crippen LogP contribution in [0, 0.1) is 5.92 Å². The molecule has 4 heteroatoms. The molecule has 1 aromatic heterocycles. The van der Waals surface area contributed by atoms with Gasteiger partial charge in [0, 0.05) is 24.8 Å². The van der Waals surface area contributed by atoms with E-state index in [9.17, 15) is 4.79 Å². The first kappa shape index (κ1) is 14.6. The molecular formula is C19H23N3O. The Hall–Kier alpha value is -1.94. The minimum absolute atomic E-state index is 0.0902. The average Bonchev–Trinajstić information content (AvgIpc) is 3.22. The molecule has 1 aliphatic carbocycles.